The first-order valence-electron chi connectivity index (χ1n) is 9.36. The number of amides is 2. The molecule has 6 heteroatoms. The van der Waals surface area contributed by atoms with Crippen molar-refractivity contribution >= 4 is 23.5 Å². The average molecular weight is 401 g/mol. The number of carboxylic acids is 1. The first kappa shape index (κ1) is 20.8. The molecule has 0 aliphatic heterocycles. The molecule has 152 valence electrons. The molecule has 0 bridgehead atoms. The Hall–Kier alpha value is -3.93. The van der Waals surface area contributed by atoms with E-state index in [2.05, 4.69) is 10.6 Å². The lowest BCUT2D eigenvalue weighted by Gasteiger charge is -2.15. The van der Waals surface area contributed by atoms with Gasteiger partial charge in [0.1, 0.15) is 0 Å². The third-order valence-corrected chi connectivity index (χ3v) is 4.81. The number of carbonyl (C=O) groups is 3. The van der Waals surface area contributed by atoms with Gasteiger partial charge in [-0.3, -0.25) is 9.59 Å². The zero-order valence-electron chi connectivity index (χ0n) is 16.9. The molecule has 2 amide bonds. The Morgan fingerprint density at radius 3 is 1.93 bits per heavy atom. The van der Waals surface area contributed by atoms with Gasteiger partial charge in [-0.15, -0.1) is 0 Å². The van der Waals surface area contributed by atoms with Crippen molar-refractivity contribution in [1.82, 2.24) is 5.32 Å². The van der Waals surface area contributed by atoms with Gasteiger partial charge in [-0.25, -0.2) is 0 Å². The van der Waals surface area contributed by atoms with E-state index in [-0.39, 0.29) is 17.4 Å². The molecule has 0 radical (unpaired) electrons. The maximum absolute atomic E-state index is 12.5. The predicted molar refractivity (Wildman–Crippen MR) is 113 cm³/mol. The van der Waals surface area contributed by atoms with Crippen LogP contribution >= 0.6 is 0 Å². The second-order valence-electron chi connectivity index (χ2n) is 6.98. The van der Waals surface area contributed by atoms with Gasteiger partial charge in [0.05, 0.1) is 5.97 Å². The lowest BCUT2D eigenvalue weighted by Crippen LogP contribution is -2.23. The molecule has 0 atom stereocenters. The van der Waals surface area contributed by atoms with Crippen LogP contribution in [0.15, 0.2) is 60.7 Å². The van der Waals surface area contributed by atoms with Gasteiger partial charge in [0, 0.05) is 29.4 Å². The normalized spacial score (nSPS) is 10.4. The van der Waals surface area contributed by atoms with Gasteiger partial charge in [0.25, 0.3) is 11.8 Å². The van der Waals surface area contributed by atoms with Crippen LogP contribution < -0.4 is 15.7 Å². The number of nitrogens with one attached hydrogen (secondary N) is 2. The summed E-state index contributed by atoms with van der Waals surface area (Å²) in [6, 6.07) is 16.8. The molecule has 0 aromatic heterocycles. The van der Waals surface area contributed by atoms with Gasteiger partial charge in [-0.1, -0.05) is 23.8 Å². The van der Waals surface area contributed by atoms with Gasteiger partial charge >= 0.3 is 0 Å². The summed E-state index contributed by atoms with van der Waals surface area (Å²) < 4.78 is 0. The largest absolute Gasteiger partial charge is 0.545 e. The summed E-state index contributed by atoms with van der Waals surface area (Å²) >= 11 is 0. The fraction of sp³-hybridized carbons (Fsp3) is 0.125. The van der Waals surface area contributed by atoms with Crippen LogP contribution in [-0.4, -0.2) is 24.8 Å². The lowest BCUT2D eigenvalue weighted by atomic mass is 9.94. The van der Waals surface area contributed by atoms with Crippen LogP contribution in [0.1, 0.15) is 42.2 Å². The molecule has 0 aliphatic carbocycles. The van der Waals surface area contributed by atoms with Crippen molar-refractivity contribution in [2.75, 3.05) is 12.4 Å². The number of aromatic carboxylic acids is 1. The summed E-state index contributed by atoms with van der Waals surface area (Å²) in [5.74, 6) is -1.76. The minimum Gasteiger partial charge on any atom is -0.545 e. The Kier molecular flexibility index (Phi) is 5.97. The molecular weight excluding hydrogens is 380 g/mol. The molecule has 0 spiro atoms. The number of carboxylic acid groups (broad SMARTS) is 1. The van der Waals surface area contributed by atoms with E-state index in [4.69, 9.17) is 0 Å². The van der Waals surface area contributed by atoms with E-state index in [1.807, 2.05) is 19.9 Å². The number of hydrogen-bond donors (Lipinski definition) is 2. The van der Waals surface area contributed by atoms with Crippen molar-refractivity contribution < 1.29 is 19.5 Å². The van der Waals surface area contributed by atoms with Gasteiger partial charge in [-0.2, -0.15) is 0 Å². The number of hydrogen-bond acceptors (Lipinski definition) is 4. The minimum atomic E-state index is -1.23. The molecule has 0 saturated carbocycles. The molecular formula is C24H21N2O4-. The summed E-state index contributed by atoms with van der Waals surface area (Å²) in [6.45, 7) is 3.67. The minimum absolute atomic E-state index is 0.131. The van der Waals surface area contributed by atoms with E-state index in [9.17, 15) is 19.5 Å². The maximum atomic E-state index is 12.5. The maximum Gasteiger partial charge on any atom is 0.255 e. The van der Waals surface area contributed by atoms with Crippen LogP contribution in [-0.2, 0) is 0 Å². The summed E-state index contributed by atoms with van der Waals surface area (Å²) in [7, 11) is 1.54. The Morgan fingerprint density at radius 2 is 1.37 bits per heavy atom. The zero-order chi connectivity index (χ0) is 21.8. The van der Waals surface area contributed by atoms with Crippen molar-refractivity contribution in [3.63, 3.8) is 0 Å². The summed E-state index contributed by atoms with van der Waals surface area (Å²) in [6.07, 6.45) is 0. The van der Waals surface area contributed by atoms with E-state index < -0.39 is 5.97 Å². The summed E-state index contributed by atoms with van der Waals surface area (Å²) in [5, 5.41) is 16.9. The highest BCUT2D eigenvalue weighted by atomic mass is 16.4. The van der Waals surface area contributed by atoms with E-state index in [0.29, 0.717) is 22.4 Å². The molecule has 3 aromatic rings. The van der Waals surface area contributed by atoms with Crippen LogP contribution in [0.3, 0.4) is 0 Å². The van der Waals surface area contributed by atoms with Gasteiger partial charge in [0.15, 0.2) is 0 Å². The molecule has 0 saturated heterocycles. The number of aryl methyl sites for hydroxylation is 2. The SMILES string of the molecule is CNC(=O)c1ccc(C(=O)Nc2ccc(-c3ccc(C)cc3C(=O)[O-])c(C)c2)cc1. The molecule has 0 heterocycles. The molecule has 0 fully saturated rings. The Bertz CT molecular complexity index is 1130. The Labute approximate surface area is 174 Å². The zero-order valence-corrected chi connectivity index (χ0v) is 16.9. The highest BCUT2D eigenvalue weighted by Crippen LogP contribution is 2.29. The third-order valence-electron chi connectivity index (χ3n) is 4.81. The van der Waals surface area contributed by atoms with Gasteiger partial charge in [0.2, 0.25) is 0 Å². The van der Waals surface area contributed by atoms with Gasteiger partial charge in [-0.05, 0) is 73.0 Å². The van der Waals surface area contributed by atoms with Crippen molar-refractivity contribution in [2.45, 2.75) is 13.8 Å². The van der Waals surface area contributed by atoms with Crippen LogP contribution in [0.4, 0.5) is 5.69 Å². The number of rotatable bonds is 5. The van der Waals surface area contributed by atoms with Gasteiger partial charge < -0.3 is 20.5 Å². The Balaban J connectivity index is 1.83. The van der Waals surface area contributed by atoms with Crippen LogP contribution in [0, 0.1) is 13.8 Å². The van der Waals surface area contributed by atoms with Crippen LogP contribution in [0.2, 0.25) is 0 Å². The Morgan fingerprint density at radius 1 is 0.767 bits per heavy atom. The molecule has 0 unspecified atom stereocenters. The second kappa shape index (κ2) is 8.61. The number of benzene rings is 3. The van der Waals surface area contributed by atoms with Crippen molar-refractivity contribution in [3.8, 4) is 11.1 Å². The summed E-state index contributed by atoms with van der Waals surface area (Å²) in [4.78, 5) is 35.6. The average Bonchev–Trinajstić information content (AvgIpc) is 2.73. The van der Waals surface area contributed by atoms with E-state index in [1.54, 1.807) is 61.6 Å². The highest BCUT2D eigenvalue weighted by Gasteiger charge is 2.12. The molecule has 2 N–H and O–H groups in total. The van der Waals surface area contributed by atoms with Crippen molar-refractivity contribution in [2.24, 2.45) is 0 Å². The second-order valence-corrected chi connectivity index (χ2v) is 6.98. The van der Waals surface area contributed by atoms with Crippen LogP contribution in [0.5, 0.6) is 0 Å². The first-order chi connectivity index (χ1) is 14.3. The fourth-order valence-corrected chi connectivity index (χ4v) is 3.23. The smallest absolute Gasteiger partial charge is 0.255 e. The molecule has 3 rings (SSSR count). The predicted octanol–water partition coefficient (Wildman–Crippen LogP) is 2.95. The number of anilines is 1. The van der Waals surface area contributed by atoms with Crippen LogP contribution in [0.25, 0.3) is 11.1 Å². The molecule has 30 heavy (non-hydrogen) atoms. The first-order valence-corrected chi connectivity index (χ1v) is 9.36. The van der Waals surface area contributed by atoms with E-state index >= 15 is 0 Å². The van der Waals surface area contributed by atoms with Crippen molar-refractivity contribution in [1.29, 1.82) is 0 Å². The molecule has 0 aliphatic rings. The van der Waals surface area contributed by atoms with E-state index in [1.165, 1.54) is 0 Å². The topological polar surface area (TPSA) is 98.3 Å². The third kappa shape index (κ3) is 4.38. The highest BCUT2D eigenvalue weighted by molar-refractivity contribution is 6.05. The lowest BCUT2D eigenvalue weighted by molar-refractivity contribution is -0.254. The monoisotopic (exact) mass is 401 g/mol. The van der Waals surface area contributed by atoms with Crippen molar-refractivity contribution in [3.05, 3.63) is 88.5 Å². The van der Waals surface area contributed by atoms with E-state index in [0.717, 1.165) is 16.7 Å². The molecule has 3 aromatic carbocycles. The quantitative estimate of drug-likeness (QED) is 0.687. The summed E-state index contributed by atoms with van der Waals surface area (Å²) in [5.41, 5.74) is 4.57. The fourth-order valence-electron chi connectivity index (χ4n) is 3.23. The molecule has 6 nitrogen and oxygen atoms in total. The number of carbonyl (C=O) groups excluding carboxylic acids is 3. The standard InChI is InChI=1S/C24H22N2O4/c1-14-4-10-20(21(12-14)24(29)30)19-11-9-18(13-15(19)2)26-23(28)17-7-5-16(6-8-17)22(27)25-3/h4-13H,1-3H3,(H,25,27)(H,26,28)(H,29,30)/p-1.